The highest BCUT2D eigenvalue weighted by Gasteiger charge is 2.13. The number of aldehydes is 1. The Kier molecular flexibility index (Phi) is 5.50. The van der Waals surface area contributed by atoms with Crippen molar-refractivity contribution in [3.05, 3.63) is 4.91 Å². The molecule has 0 N–H and O–H groups in total. The van der Waals surface area contributed by atoms with Crippen molar-refractivity contribution in [2.45, 2.75) is 13.3 Å². The van der Waals surface area contributed by atoms with Gasteiger partial charge in [0.25, 0.3) is 0 Å². The fourth-order valence-electron chi connectivity index (χ4n) is 0.538. The molecule has 0 bridgehead atoms. The van der Waals surface area contributed by atoms with Crippen molar-refractivity contribution in [3.8, 4) is 0 Å². The summed E-state index contributed by atoms with van der Waals surface area (Å²) in [5.74, 6) is 0. The molecule has 0 spiro atoms. The van der Waals surface area contributed by atoms with E-state index in [9.17, 15) is 14.5 Å². The highest BCUT2D eigenvalue weighted by molar-refractivity contribution is 5.67. The largest absolute Gasteiger partial charge is 0.448 e. The van der Waals surface area contributed by atoms with E-state index in [-0.39, 0.29) is 19.6 Å². The zero-order chi connectivity index (χ0) is 9.40. The molecule has 6 nitrogen and oxygen atoms in total. The number of hydrogen-bond acceptors (Lipinski definition) is 5. The Morgan fingerprint density at radius 1 is 1.67 bits per heavy atom. The third-order valence-electron chi connectivity index (χ3n) is 1.04. The van der Waals surface area contributed by atoms with Crippen LogP contribution in [0.2, 0.25) is 0 Å². The number of nitrogens with zero attached hydrogens (tertiary/aromatic N) is 2. The Hall–Kier alpha value is -1.46. The molecule has 68 valence electrons. The SMILES string of the molecule is CCOC(=O)N(CCC=O)N=O. The molecular formula is C6H10N2O4. The third-order valence-corrected chi connectivity index (χ3v) is 1.04. The van der Waals surface area contributed by atoms with Gasteiger partial charge in [0, 0.05) is 6.42 Å². The molecule has 0 radical (unpaired) electrons. The van der Waals surface area contributed by atoms with Crippen LogP contribution < -0.4 is 0 Å². The number of rotatable bonds is 5. The van der Waals surface area contributed by atoms with Crippen LogP contribution in [0, 0.1) is 4.91 Å². The number of ether oxygens (including phenoxy) is 1. The van der Waals surface area contributed by atoms with Crippen LogP contribution in [0.15, 0.2) is 5.29 Å². The Morgan fingerprint density at radius 2 is 2.33 bits per heavy atom. The van der Waals surface area contributed by atoms with E-state index in [0.29, 0.717) is 11.3 Å². The topological polar surface area (TPSA) is 76.0 Å². The van der Waals surface area contributed by atoms with E-state index < -0.39 is 6.09 Å². The van der Waals surface area contributed by atoms with Gasteiger partial charge in [-0.1, -0.05) is 0 Å². The summed E-state index contributed by atoms with van der Waals surface area (Å²) >= 11 is 0. The second kappa shape index (κ2) is 6.26. The zero-order valence-corrected chi connectivity index (χ0v) is 6.73. The van der Waals surface area contributed by atoms with Crippen molar-refractivity contribution >= 4 is 12.4 Å². The van der Waals surface area contributed by atoms with Gasteiger partial charge < -0.3 is 9.53 Å². The molecule has 0 rings (SSSR count). The lowest BCUT2D eigenvalue weighted by Crippen LogP contribution is -2.27. The summed E-state index contributed by atoms with van der Waals surface area (Å²) in [6.07, 6.45) is -0.156. The van der Waals surface area contributed by atoms with E-state index in [2.05, 4.69) is 10.0 Å². The lowest BCUT2D eigenvalue weighted by atomic mass is 10.5. The molecule has 0 fully saturated rings. The maximum absolute atomic E-state index is 10.8. The monoisotopic (exact) mass is 174 g/mol. The minimum atomic E-state index is -0.825. The average Bonchev–Trinajstić information content (AvgIpc) is 2.06. The summed E-state index contributed by atoms with van der Waals surface area (Å²) in [6.45, 7) is 1.75. The van der Waals surface area contributed by atoms with Crippen molar-refractivity contribution in [2.75, 3.05) is 13.2 Å². The molecule has 1 amide bonds. The Balaban J connectivity index is 3.86. The predicted molar refractivity (Wildman–Crippen MR) is 40.2 cm³/mol. The first-order valence-electron chi connectivity index (χ1n) is 3.47. The van der Waals surface area contributed by atoms with Gasteiger partial charge in [0.15, 0.2) is 0 Å². The first kappa shape index (κ1) is 10.5. The number of nitroso groups, excluding NO2 is 1. The number of carbonyl (C=O) groups is 2. The molecule has 0 aliphatic rings. The molecule has 6 heteroatoms. The molecule has 0 heterocycles. The summed E-state index contributed by atoms with van der Waals surface area (Å²) in [4.78, 5) is 30.6. The van der Waals surface area contributed by atoms with E-state index in [1.807, 2.05) is 0 Å². The van der Waals surface area contributed by atoms with Crippen LogP contribution in [0.5, 0.6) is 0 Å². The third kappa shape index (κ3) is 3.65. The highest BCUT2D eigenvalue weighted by Crippen LogP contribution is 1.95. The number of amides is 1. The molecule has 0 atom stereocenters. The van der Waals surface area contributed by atoms with Gasteiger partial charge in [-0.3, -0.25) is 0 Å². The molecule has 0 aromatic heterocycles. The van der Waals surface area contributed by atoms with Crippen LogP contribution in [0.1, 0.15) is 13.3 Å². The van der Waals surface area contributed by atoms with Crippen LogP contribution in [0.3, 0.4) is 0 Å². The lowest BCUT2D eigenvalue weighted by Gasteiger charge is -2.10. The quantitative estimate of drug-likeness (QED) is 0.349. The highest BCUT2D eigenvalue weighted by atomic mass is 16.6. The van der Waals surface area contributed by atoms with Gasteiger partial charge in [-0.15, -0.1) is 4.91 Å². The number of hydrogen-bond donors (Lipinski definition) is 0. The normalized spacial score (nSPS) is 8.75. The smallest absolute Gasteiger partial charge is 0.432 e. The summed E-state index contributed by atoms with van der Waals surface area (Å²) in [5, 5.41) is 2.96. The van der Waals surface area contributed by atoms with Crippen LogP contribution >= 0.6 is 0 Å². The molecule has 0 saturated heterocycles. The fraction of sp³-hybridized carbons (Fsp3) is 0.667. The second-order valence-electron chi connectivity index (χ2n) is 1.86. The van der Waals surface area contributed by atoms with Crippen LogP contribution in [0.25, 0.3) is 0 Å². The standard InChI is InChI=1S/C6H10N2O4/c1-2-12-6(10)8(7-11)4-3-5-9/h5H,2-4H2,1H3. The van der Waals surface area contributed by atoms with Crippen LogP contribution in [0.4, 0.5) is 4.79 Å². The second-order valence-corrected chi connectivity index (χ2v) is 1.86. The minimum Gasteiger partial charge on any atom is -0.448 e. The molecule has 0 aromatic rings. The summed E-state index contributed by atoms with van der Waals surface area (Å²) in [6, 6.07) is 0. The van der Waals surface area contributed by atoms with E-state index in [4.69, 9.17) is 0 Å². The van der Waals surface area contributed by atoms with E-state index in [1.165, 1.54) is 0 Å². The van der Waals surface area contributed by atoms with Gasteiger partial charge in [-0.2, -0.15) is 5.01 Å². The fourth-order valence-corrected chi connectivity index (χ4v) is 0.538. The molecule has 0 unspecified atom stereocenters. The maximum atomic E-state index is 10.8. The van der Waals surface area contributed by atoms with Crippen molar-refractivity contribution in [2.24, 2.45) is 5.29 Å². The molecular weight excluding hydrogens is 164 g/mol. The molecule has 0 saturated carbocycles. The lowest BCUT2D eigenvalue weighted by molar-refractivity contribution is -0.108. The van der Waals surface area contributed by atoms with Gasteiger partial charge in [-0.25, -0.2) is 4.79 Å². The Morgan fingerprint density at radius 3 is 2.75 bits per heavy atom. The van der Waals surface area contributed by atoms with Gasteiger partial charge >= 0.3 is 6.09 Å². The van der Waals surface area contributed by atoms with Gasteiger partial charge in [-0.05, 0) is 6.92 Å². The Labute approximate surface area is 69.4 Å². The van der Waals surface area contributed by atoms with Gasteiger partial charge in [0.2, 0.25) is 0 Å². The van der Waals surface area contributed by atoms with Crippen molar-refractivity contribution in [1.29, 1.82) is 0 Å². The first-order valence-corrected chi connectivity index (χ1v) is 3.47. The molecule has 12 heavy (non-hydrogen) atoms. The van der Waals surface area contributed by atoms with Crippen LogP contribution in [-0.4, -0.2) is 30.5 Å². The van der Waals surface area contributed by atoms with E-state index in [1.54, 1.807) is 6.92 Å². The Bertz CT molecular complexity index is 171. The average molecular weight is 174 g/mol. The number of carbonyl (C=O) groups excluding carboxylic acids is 2. The first-order chi connectivity index (χ1) is 5.76. The van der Waals surface area contributed by atoms with Crippen molar-refractivity contribution in [1.82, 2.24) is 5.01 Å². The van der Waals surface area contributed by atoms with Crippen molar-refractivity contribution in [3.63, 3.8) is 0 Å². The molecule has 0 aliphatic heterocycles. The van der Waals surface area contributed by atoms with E-state index in [0.717, 1.165) is 0 Å². The van der Waals surface area contributed by atoms with E-state index >= 15 is 0 Å². The van der Waals surface area contributed by atoms with Gasteiger partial charge in [0.1, 0.15) is 6.29 Å². The van der Waals surface area contributed by atoms with Crippen molar-refractivity contribution < 1.29 is 14.3 Å². The van der Waals surface area contributed by atoms with Crippen LogP contribution in [-0.2, 0) is 9.53 Å². The summed E-state index contributed by atoms with van der Waals surface area (Å²) < 4.78 is 4.47. The zero-order valence-electron chi connectivity index (χ0n) is 6.73. The predicted octanol–water partition coefficient (Wildman–Crippen LogP) is 0.715. The van der Waals surface area contributed by atoms with Gasteiger partial charge in [0.05, 0.1) is 18.4 Å². The molecule has 0 aliphatic carbocycles. The minimum absolute atomic E-state index is 0.0359. The summed E-state index contributed by atoms with van der Waals surface area (Å²) in [7, 11) is 0. The molecule has 0 aromatic carbocycles. The maximum Gasteiger partial charge on any atom is 0.432 e. The summed E-state index contributed by atoms with van der Waals surface area (Å²) in [5.41, 5.74) is 0.